The number of pyridine rings is 2. The molecule has 0 aromatic carbocycles. The van der Waals surface area contributed by atoms with E-state index in [1.807, 2.05) is 25.1 Å². The lowest BCUT2D eigenvalue weighted by Gasteiger charge is -2.29. The van der Waals surface area contributed by atoms with Gasteiger partial charge in [-0.05, 0) is 50.5 Å². The highest BCUT2D eigenvalue weighted by molar-refractivity contribution is 6.05. The van der Waals surface area contributed by atoms with Crippen LogP contribution < -0.4 is 15.1 Å². The first-order valence-corrected chi connectivity index (χ1v) is 12.4. The monoisotopic (exact) mass is 488 g/mol. The summed E-state index contributed by atoms with van der Waals surface area (Å²) in [5.74, 6) is 1.19. The van der Waals surface area contributed by atoms with Crippen molar-refractivity contribution in [1.29, 1.82) is 0 Å². The molecule has 4 aromatic heterocycles. The van der Waals surface area contributed by atoms with Crippen LogP contribution in [0, 0.1) is 6.92 Å². The van der Waals surface area contributed by atoms with Gasteiger partial charge in [0.15, 0.2) is 17.2 Å². The molecule has 2 saturated heterocycles. The largest absolute Gasteiger partial charge is 0.451 e. The summed E-state index contributed by atoms with van der Waals surface area (Å²) in [5.41, 5.74) is 3.39. The number of amides is 1. The summed E-state index contributed by atoms with van der Waals surface area (Å²) in [4.78, 5) is 31.2. The minimum Gasteiger partial charge on any atom is -0.451 e. The SMILES string of the molecule is Cc1cc(-c2ccc(C(=O)Nc3cc4oc(N5CCOCC5)nc4nc3N3CCCCC3)o2)ccn1. The summed E-state index contributed by atoms with van der Waals surface area (Å²) in [6.45, 7) is 6.37. The van der Waals surface area contributed by atoms with Crippen molar-refractivity contribution in [1.82, 2.24) is 15.0 Å². The summed E-state index contributed by atoms with van der Waals surface area (Å²) in [7, 11) is 0. The minimum atomic E-state index is -0.348. The normalized spacial score (nSPS) is 16.5. The van der Waals surface area contributed by atoms with Gasteiger partial charge in [-0.3, -0.25) is 9.78 Å². The van der Waals surface area contributed by atoms with Crippen molar-refractivity contribution in [3.63, 3.8) is 0 Å². The van der Waals surface area contributed by atoms with Crippen LogP contribution in [-0.4, -0.2) is 60.3 Å². The quantitative estimate of drug-likeness (QED) is 0.440. The molecule has 10 heteroatoms. The van der Waals surface area contributed by atoms with Gasteiger partial charge in [-0.15, -0.1) is 0 Å². The number of carbonyl (C=O) groups is 1. The van der Waals surface area contributed by atoms with Crippen LogP contribution in [0.25, 0.3) is 22.6 Å². The average molecular weight is 489 g/mol. The van der Waals surface area contributed by atoms with Gasteiger partial charge >= 0.3 is 0 Å². The molecule has 0 radical (unpaired) electrons. The lowest BCUT2D eigenvalue weighted by Crippen LogP contribution is -2.36. The van der Waals surface area contributed by atoms with E-state index in [9.17, 15) is 4.79 Å². The number of morpholine rings is 1. The van der Waals surface area contributed by atoms with Crippen LogP contribution in [0.5, 0.6) is 0 Å². The van der Waals surface area contributed by atoms with Crippen LogP contribution in [0.4, 0.5) is 17.5 Å². The number of aromatic nitrogens is 3. The Hall–Kier alpha value is -3.92. The lowest BCUT2D eigenvalue weighted by molar-refractivity contribution is 0.0997. The van der Waals surface area contributed by atoms with E-state index in [1.165, 1.54) is 6.42 Å². The number of furan rings is 1. The molecule has 0 atom stereocenters. The average Bonchev–Trinajstić information content (AvgIpc) is 3.57. The third kappa shape index (κ3) is 4.51. The molecule has 2 aliphatic heterocycles. The molecular weight excluding hydrogens is 460 g/mol. The number of hydrogen-bond donors (Lipinski definition) is 1. The predicted molar refractivity (Wildman–Crippen MR) is 136 cm³/mol. The Labute approximate surface area is 208 Å². The van der Waals surface area contributed by atoms with Crippen LogP contribution in [0.15, 0.2) is 45.4 Å². The molecule has 0 unspecified atom stereocenters. The minimum absolute atomic E-state index is 0.218. The summed E-state index contributed by atoms with van der Waals surface area (Å²) >= 11 is 0. The van der Waals surface area contributed by atoms with Crippen molar-refractivity contribution in [2.45, 2.75) is 26.2 Å². The number of carbonyl (C=O) groups excluding carboxylic acids is 1. The van der Waals surface area contributed by atoms with E-state index in [1.54, 1.807) is 18.3 Å². The van der Waals surface area contributed by atoms with Gasteiger partial charge in [0.25, 0.3) is 11.9 Å². The highest BCUT2D eigenvalue weighted by Gasteiger charge is 2.24. The van der Waals surface area contributed by atoms with E-state index in [0.29, 0.717) is 60.8 Å². The topological polar surface area (TPSA) is 110 Å². The van der Waals surface area contributed by atoms with Crippen molar-refractivity contribution >= 4 is 34.7 Å². The van der Waals surface area contributed by atoms with Crippen LogP contribution in [0.3, 0.4) is 0 Å². The van der Waals surface area contributed by atoms with Gasteiger partial charge in [0.2, 0.25) is 5.65 Å². The Balaban J connectivity index is 1.31. The first-order chi connectivity index (χ1) is 17.6. The fourth-order valence-electron chi connectivity index (χ4n) is 4.67. The molecule has 0 spiro atoms. The zero-order chi connectivity index (χ0) is 24.5. The number of rotatable bonds is 5. The Bertz CT molecular complexity index is 1380. The number of anilines is 3. The second kappa shape index (κ2) is 9.62. The molecular formula is C26H28N6O4. The van der Waals surface area contributed by atoms with E-state index >= 15 is 0 Å². The molecule has 1 amide bonds. The van der Waals surface area contributed by atoms with Crippen LogP contribution in [-0.2, 0) is 4.74 Å². The number of fused-ring (bicyclic) bond motifs is 1. The van der Waals surface area contributed by atoms with Crippen molar-refractivity contribution in [3.8, 4) is 11.3 Å². The molecule has 0 saturated carbocycles. The lowest BCUT2D eigenvalue weighted by atomic mass is 10.1. The Morgan fingerprint density at radius 1 is 0.944 bits per heavy atom. The molecule has 0 aliphatic carbocycles. The Kier molecular flexibility index (Phi) is 6.02. The summed E-state index contributed by atoms with van der Waals surface area (Å²) in [6.07, 6.45) is 5.08. The molecule has 10 nitrogen and oxygen atoms in total. The molecule has 2 aliphatic rings. The van der Waals surface area contributed by atoms with Crippen molar-refractivity contribution in [2.24, 2.45) is 0 Å². The molecule has 2 fully saturated rings. The maximum Gasteiger partial charge on any atom is 0.300 e. The van der Waals surface area contributed by atoms with Crippen LogP contribution >= 0.6 is 0 Å². The highest BCUT2D eigenvalue weighted by atomic mass is 16.5. The van der Waals surface area contributed by atoms with Gasteiger partial charge in [0, 0.05) is 49.7 Å². The van der Waals surface area contributed by atoms with Crippen LogP contribution in [0.1, 0.15) is 35.5 Å². The fraction of sp³-hybridized carbons (Fsp3) is 0.385. The third-order valence-electron chi connectivity index (χ3n) is 6.55. The first-order valence-electron chi connectivity index (χ1n) is 12.4. The highest BCUT2D eigenvalue weighted by Crippen LogP contribution is 2.33. The number of ether oxygens (including phenoxy) is 1. The van der Waals surface area contributed by atoms with Crippen molar-refractivity contribution < 1.29 is 18.4 Å². The molecule has 6 rings (SSSR count). The second-order valence-electron chi connectivity index (χ2n) is 9.13. The van der Waals surface area contributed by atoms with Gasteiger partial charge in [-0.25, -0.2) is 4.98 Å². The zero-order valence-electron chi connectivity index (χ0n) is 20.2. The smallest absolute Gasteiger partial charge is 0.300 e. The summed E-state index contributed by atoms with van der Waals surface area (Å²) in [6, 6.07) is 9.59. The number of piperidine rings is 1. The molecule has 6 heterocycles. The summed E-state index contributed by atoms with van der Waals surface area (Å²) < 4.78 is 17.4. The molecule has 36 heavy (non-hydrogen) atoms. The van der Waals surface area contributed by atoms with E-state index in [2.05, 4.69) is 25.1 Å². The first kappa shape index (κ1) is 22.5. The molecule has 4 aromatic rings. The summed E-state index contributed by atoms with van der Waals surface area (Å²) in [5, 5.41) is 3.01. The number of aryl methyl sites for hydroxylation is 1. The van der Waals surface area contributed by atoms with Gasteiger partial charge in [0.1, 0.15) is 5.76 Å². The van der Waals surface area contributed by atoms with E-state index in [-0.39, 0.29) is 11.7 Å². The van der Waals surface area contributed by atoms with Crippen molar-refractivity contribution in [2.75, 3.05) is 54.5 Å². The van der Waals surface area contributed by atoms with E-state index in [4.69, 9.17) is 18.6 Å². The maximum absolute atomic E-state index is 13.2. The van der Waals surface area contributed by atoms with E-state index in [0.717, 1.165) is 37.2 Å². The van der Waals surface area contributed by atoms with Gasteiger partial charge in [-0.2, -0.15) is 4.98 Å². The maximum atomic E-state index is 13.2. The Morgan fingerprint density at radius 2 is 1.78 bits per heavy atom. The van der Waals surface area contributed by atoms with Gasteiger partial charge in [-0.1, -0.05) is 0 Å². The van der Waals surface area contributed by atoms with Gasteiger partial charge < -0.3 is 28.7 Å². The van der Waals surface area contributed by atoms with E-state index < -0.39 is 0 Å². The predicted octanol–water partition coefficient (Wildman–Crippen LogP) is 4.27. The molecule has 186 valence electrons. The van der Waals surface area contributed by atoms with Crippen LogP contribution in [0.2, 0.25) is 0 Å². The fourth-order valence-corrected chi connectivity index (χ4v) is 4.67. The number of hydrogen-bond acceptors (Lipinski definition) is 9. The van der Waals surface area contributed by atoms with Crippen molar-refractivity contribution in [3.05, 3.63) is 48.0 Å². The number of nitrogens with zero attached hydrogens (tertiary/aromatic N) is 5. The zero-order valence-corrected chi connectivity index (χ0v) is 20.2. The molecule has 1 N–H and O–H groups in total. The molecule has 0 bridgehead atoms. The number of oxazole rings is 1. The third-order valence-corrected chi connectivity index (χ3v) is 6.55. The number of nitrogens with one attached hydrogen (secondary N) is 1. The van der Waals surface area contributed by atoms with Gasteiger partial charge in [0.05, 0.1) is 18.9 Å². The Morgan fingerprint density at radius 3 is 2.58 bits per heavy atom. The second-order valence-corrected chi connectivity index (χ2v) is 9.13. The standard InChI is InChI=1S/C26H28N6O4/c1-17-15-18(7-8-27-17)20-5-6-21(35-20)25(33)28-19-16-22-23(29-24(19)31-9-3-2-4-10-31)30-26(36-22)32-11-13-34-14-12-32/h5-8,15-16H,2-4,9-14H2,1H3,(H,28,33).